The molecular weight excluding hydrogens is 379 g/mol. The summed E-state index contributed by atoms with van der Waals surface area (Å²) in [5.74, 6) is -0.547. The number of nitriles is 1. The molecule has 0 aliphatic rings. The van der Waals surface area contributed by atoms with Crippen LogP contribution in [0.5, 0.6) is 0 Å². The van der Waals surface area contributed by atoms with Gasteiger partial charge in [0.05, 0.1) is 10.7 Å². The Labute approximate surface area is 167 Å². The number of hydrogen-bond donors (Lipinski definition) is 1. The van der Waals surface area contributed by atoms with Gasteiger partial charge >= 0.3 is 0 Å². The van der Waals surface area contributed by atoms with Gasteiger partial charge in [-0.2, -0.15) is 5.26 Å². The molecule has 132 valence electrons. The van der Waals surface area contributed by atoms with Gasteiger partial charge in [0, 0.05) is 5.02 Å². The summed E-state index contributed by atoms with van der Waals surface area (Å²) in [6, 6.07) is 24.2. The highest BCUT2D eigenvalue weighted by Crippen LogP contribution is 2.26. The van der Waals surface area contributed by atoms with Crippen LogP contribution in [0.3, 0.4) is 0 Å². The number of halogens is 2. The van der Waals surface area contributed by atoms with Crippen molar-refractivity contribution in [3.63, 3.8) is 0 Å². The van der Waals surface area contributed by atoms with Gasteiger partial charge in [-0.1, -0.05) is 77.8 Å². The predicted molar refractivity (Wildman–Crippen MR) is 111 cm³/mol. The molecule has 5 heteroatoms. The van der Waals surface area contributed by atoms with Gasteiger partial charge in [0.1, 0.15) is 11.6 Å². The van der Waals surface area contributed by atoms with Crippen molar-refractivity contribution in [2.24, 2.45) is 0 Å². The lowest BCUT2D eigenvalue weighted by Crippen LogP contribution is -2.13. The van der Waals surface area contributed by atoms with Crippen molar-refractivity contribution in [3.8, 4) is 17.2 Å². The third-order valence-electron chi connectivity index (χ3n) is 3.87. The third kappa shape index (κ3) is 4.77. The molecule has 1 N–H and O–H groups in total. The molecule has 3 rings (SSSR count). The van der Waals surface area contributed by atoms with Crippen molar-refractivity contribution in [1.29, 1.82) is 5.26 Å². The van der Waals surface area contributed by atoms with Crippen LogP contribution in [0.1, 0.15) is 5.56 Å². The van der Waals surface area contributed by atoms with Crippen molar-refractivity contribution >= 4 is 40.9 Å². The lowest BCUT2D eigenvalue weighted by molar-refractivity contribution is -0.112. The summed E-state index contributed by atoms with van der Waals surface area (Å²) >= 11 is 12.0. The first-order valence-corrected chi connectivity index (χ1v) is 8.86. The van der Waals surface area contributed by atoms with Gasteiger partial charge in [-0.3, -0.25) is 4.79 Å². The molecule has 0 saturated carbocycles. The molecule has 3 aromatic carbocycles. The molecule has 0 aliphatic heterocycles. The van der Waals surface area contributed by atoms with Crippen LogP contribution in [-0.4, -0.2) is 5.91 Å². The number of rotatable bonds is 4. The van der Waals surface area contributed by atoms with Crippen molar-refractivity contribution in [2.75, 3.05) is 5.32 Å². The van der Waals surface area contributed by atoms with Crippen molar-refractivity contribution in [1.82, 2.24) is 0 Å². The summed E-state index contributed by atoms with van der Waals surface area (Å²) in [6.45, 7) is 0. The first-order valence-electron chi connectivity index (χ1n) is 8.10. The lowest BCUT2D eigenvalue weighted by atomic mass is 10.0. The number of nitrogens with one attached hydrogen (secondary N) is 1. The van der Waals surface area contributed by atoms with E-state index in [0.717, 1.165) is 16.7 Å². The standard InChI is InChI=1S/C22H14Cl2N2O/c23-19-10-11-20(24)21(13-19)26-22(27)18(14-25)12-15-6-8-17(9-7-15)16-4-2-1-3-5-16/h1-13H,(H,26,27)/b18-12+. The normalized spacial score (nSPS) is 10.9. The molecule has 0 atom stereocenters. The Hall–Kier alpha value is -3.06. The van der Waals surface area contributed by atoms with Crippen LogP contribution in [0.2, 0.25) is 10.0 Å². The van der Waals surface area contributed by atoms with E-state index in [-0.39, 0.29) is 5.57 Å². The summed E-state index contributed by atoms with van der Waals surface area (Å²) in [7, 11) is 0. The van der Waals surface area contributed by atoms with E-state index in [1.807, 2.05) is 60.7 Å². The minimum Gasteiger partial charge on any atom is -0.320 e. The summed E-state index contributed by atoms with van der Waals surface area (Å²) < 4.78 is 0. The van der Waals surface area contributed by atoms with Crippen LogP contribution >= 0.6 is 23.2 Å². The van der Waals surface area contributed by atoms with E-state index < -0.39 is 5.91 Å². The number of nitrogens with zero attached hydrogens (tertiary/aromatic N) is 1. The molecule has 0 aromatic heterocycles. The van der Waals surface area contributed by atoms with Gasteiger partial charge < -0.3 is 5.32 Å². The van der Waals surface area contributed by atoms with E-state index in [4.69, 9.17) is 23.2 Å². The Morgan fingerprint density at radius 1 is 0.926 bits per heavy atom. The van der Waals surface area contributed by atoms with E-state index in [1.165, 1.54) is 12.1 Å². The van der Waals surface area contributed by atoms with E-state index in [1.54, 1.807) is 12.1 Å². The first-order chi connectivity index (χ1) is 13.1. The molecule has 27 heavy (non-hydrogen) atoms. The summed E-state index contributed by atoms with van der Waals surface area (Å²) in [5.41, 5.74) is 3.23. The molecular formula is C22H14Cl2N2O. The lowest BCUT2D eigenvalue weighted by Gasteiger charge is -2.07. The fourth-order valence-corrected chi connectivity index (χ4v) is 2.84. The predicted octanol–water partition coefficient (Wildman–Crippen LogP) is 6.21. The maximum Gasteiger partial charge on any atom is 0.266 e. The van der Waals surface area contributed by atoms with Crippen molar-refractivity contribution < 1.29 is 4.79 Å². The van der Waals surface area contributed by atoms with Crippen LogP contribution in [0.25, 0.3) is 17.2 Å². The molecule has 0 bridgehead atoms. The zero-order valence-corrected chi connectivity index (χ0v) is 15.6. The monoisotopic (exact) mass is 392 g/mol. The SMILES string of the molecule is N#C/C(=C\c1ccc(-c2ccccc2)cc1)C(=O)Nc1cc(Cl)ccc1Cl. The van der Waals surface area contributed by atoms with Crippen LogP contribution < -0.4 is 5.32 Å². The summed E-state index contributed by atoms with van der Waals surface area (Å²) in [5, 5.41) is 12.8. The first kappa shape index (κ1) is 18.7. The molecule has 0 spiro atoms. The number of carbonyl (C=O) groups excluding carboxylic acids is 1. The highest BCUT2D eigenvalue weighted by Gasteiger charge is 2.12. The number of benzene rings is 3. The molecule has 0 unspecified atom stereocenters. The highest BCUT2D eigenvalue weighted by atomic mass is 35.5. The zero-order valence-electron chi connectivity index (χ0n) is 14.1. The second-order valence-corrected chi connectivity index (χ2v) is 6.58. The van der Waals surface area contributed by atoms with Gasteiger partial charge in [-0.25, -0.2) is 0 Å². The minimum atomic E-state index is -0.547. The van der Waals surface area contributed by atoms with E-state index in [0.29, 0.717) is 15.7 Å². The second kappa shape index (κ2) is 8.55. The number of carbonyl (C=O) groups is 1. The van der Waals surface area contributed by atoms with Crippen LogP contribution in [0.4, 0.5) is 5.69 Å². The molecule has 0 fully saturated rings. The average Bonchev–Trinajstić information content (AvgIpc) is 2.70. The van der Waals surface area contributed by atoms with E-state index in [9.17, 15) is 10.1 Å². The second-order valence-electron chi connectivity index (χ2n) is 5.74. The molecule has 0 saturated heterocycles. The maximum atomic E-state index is 12.4. The van der Waals surface area contributed by atoms with E-state index in [2.05, 4.69) is 5.32 Å². The Morgan fingerprint density at radius 3 is 2.26 bits per heavy atom. The average molecular weight is 393 g/mol. The summed E-state index contributed by atoms with van der Waals surface area (Å²) in [6.07, 6.45) is 1.53. The number of amides is 1. The Morgan fingerprint density at radius 2 is 1.59 bits per heavy atom. The smallest absolute Gasteiger partial charge is 0.266 e. The van der Waals surface area contributed by atoms with Gasteiger partial charge in [-0.15, -0.1) is 0 Å². The van der Waals surface area contributed by atoms with Gasteiger partial charge in [-0.05, 0) is 41.0 Å². The Bertz CT molecular complexity index is 1040. The van der Waals surface area contributed by atoms with Crippen LogP contribution in [-0.2, 0) is 4.79 Å². The van der Waals surface area contributed by atoms with E-state index >= 15 is 0 Å². The zero-order chi connectivity index (χ0) is 19.2. The molecule has 0 heterocycles. The van der Waals surface area contributed by atoms with Gasteiger partial charge in [0.15, 0.2) is 0 Å². The van der Waals surface area contributed by atoms with Crippen LogP contribution in [0, 0.1) is 11.3 Å². The number of hydrogen-bond acceptors (Lipinski definition) is 2. The quantitative estimate of drug-likeness (QED) is 0.423. The third-order valence-corrected chi connectivity index (χ3v) is 4.44. The molecule has 0 aliphatic carbocycles. The molecule has 3 nitrogen and oxygen atoms in total. The fourth-order valence-electron chi connectivity index (χ4n) is 2.50. The highest BCUT2D eigenvalue weighted by molar-refractivity contribution is 6.36. The maximum absolute atomic E-state index is 12.4. The molecule has 0 radical (unpaired) electrons. The summed E-state index contributed by atoms with van der Waals surface area (Å²) in [4.78, 5) is 12.4. The Balaban J connectivity index is 1.80. The molecule has 3 aromatic rings. The van der Waals surface area contributed by atoms with Crippen molar-refractivity contribution in [2.45, 2.75) is 0 Å². The molecule has 1 amide bonds. The Kier molecular flexibility index (Phi) is 5.93. The largest absolute Gasteiger partial charge is 0.320 e. The number of anilines is 1. The minimum absolute atomic E-state index is 0.0292. The van der Waals surface area contributed by atoms with Crippen LogP contribution in [0.15, 0.2) is 78.4 Å². The van der Waals surface area contributed by atoms with Gasteiger partial charge in [0.2, 0.25) is 0 Å². The van der Waals surface area contributed by atoms with Crippen molar-refractivity contribution in [3.05, 3.63) is 94.0 Å². The van der Waals surface area contributed by atoms with Gasteiger partial charge in [0.25, 0.3) is 5.91 Å². The fraction of sp³-hybridized carbons (Fsp3) is 0. The topological polar surface area (TPSA) is 52.9 Å².